The van der Waals surface area contributed by atoms with Gasteiger partial charge in [0.05, 0.1) is 11.5 Å². The Bertz CT molecular complexity index is 508. The molecule has 1 saturated heterocycles. The van der Waals surface area contributed by atoms with Crippen LogP contribution in [-0.2, 0) is 9.84 Å². The highest BCUT2D eigenvalue weighted by Gasteiger charge is 2.26. The summed E-state index contributed by atoms with van der Waals surface area (Å²) >= 11 is 5.11. The summed E-state index contributed by atoms with van der Waals surface area (Å²) in [5, 5.41) is 4.25. The molecule has 1 atom stereocenters. The maximum absolute atomic E-state index is 11.3. The van der Waals surface area contributed by atoms with Crippen molar-refractivity contribution < 1.29 is 8.42 Å². The predicted octanol–water partition coefficient (Wildman–Crippen LogP) is 1.71. The number of nitrogens with zero attached hydrogens (tertiary/aromatic N) is 1. The van der Waals surface area contributed by atoms with Gasteiger partial charge in [-0.15, -0.1) is 11.8 Å². The van der Waals surface area contributed by atoms with Gasteiger partial charge in [0, 0.05) is 29.0 Å². The molecule has 0 radical (unpaired) electrons. The quantitative estimate of drug-likeness (QED) is 0.647. The zero-order valence-electron chi connectivity index (χ0n) is 9.80. The fourth-order valence-corrected chi connectivity index (χ4v) is 4.90. The van der Waals surface area contributed by atoms with Gasteiger partial charge in [0.2, 0.25) is 0 Å². The van der Waals surface area contributed by atoms with Crippen LogP contribution in [-0.4, -0.2) is 43.2 Å². The topological polar surface area (TPSA) is 59.1 Å². The van der Waals surface area contributed by atoms with Crippen LogP contribution in [0.3, 0.4) is 0 Å². The summed E-state index contributed by atoms with van der Waals surface area (Å²) in [7, 11) is -2.78. The molecule has 18 heavy (non-hydrogen) atoms. The smallest absolute Gasteiger partial charge is 0.151 e. The Hall–Kier alpha value is -0.110. The number of rotatable bonds is 5. The van der Waals surface area contributed by atoms with Crippen molar-refractivity contribution in [1.82, 2.24) is 10.3 Å². The first-order valence-electron chi connectivity index (χ1n) is 5.74. The van der Waals surface area contributed by atoms with E-state index in [-0.39, 0.29) is 11.8 Å². The Morgan fingerprint density at radius 2 is 2.39 bits per heavy atom. The Morgan fingerprint density at radius 3 is 3.06 bits per heavy atom. The van der Waals surface area contributed by atoms with Crippen LogP contribution in [0, 0.1) is 0 Å². The highest BCUT2D eigenvalue weighted by Crippen LogP contribution is 2.24. The molecule has 0 aliphatic carbocycles. The monoisotopic (exact) mass is 350 g/mol. The summed E-state index contributed by atoms with van der Waals surface area (Å²) in [6.45, 7) is 0.799. The standard InChI is InChI=1S/C11H15BrN2O2S2/c12-10-2-1-4-14-11(10)17-6-5-13-9-3-7-18(15,16)8-9/h1-2,4,9,13H,3,5-8H2. The summed E-state index contributed by atoms with van der Waals surface area (Å²) in [6.07, 6.45) is 2.50. The van der Waals surface area contributed by atoms with Gasteiger partial charge in [-0.1, -0.05) is 0 Å². The zero-order chi connectivity index (χ0) is 13.0. The zero-order valence-corrected chi connectivity index (χ0v) is 13.0. The molecule has 0 aromatic carbocycles. The van der Waals surface area contributed by atoms with Gasteiger partial charge in [-0.3, -0.25) is 0 Å². The molecule has 1 aromatic rings. The molecule has 2 heterocycles. The summed E-state index contributed by atoms with van der Waals surface area (Å²) < 4.78 is 23.6. The van der Waals surface area contributed by atoms with Gasteiger partial charge >= 0.3 is 0 Å². The van der Waals surface area contributed by atoms with Gasteiger partial charge in [-0.05, 0) is 34.5 Å². The van der Waals surface area contributed by atoms with E-state index in [1.165, 1.54) is 0 Å². The fraction of sp³-hybridized carbons (Fsp3) is 0.545. The minimum absolute atomic E-state index is 0.128. The average molecular weight is 351 g/mol. The highest BCUT2D eigenvalue weighted by atomic mass is 79.9. The van der Waals surface area contributed by atoms with E-state index in [9.17, 15) is 8.42 Å². The van der Waals surface area contributed by atoms with Crippen LogP contribution in [0.25, 0.3) is 0 Å². The maximum atomic E-state index is 11.3. The molecule has 7 heteroatoms. The molecule has 0 bridgehead atoms. The van der Waals surface area contributed by atoms with Gasteiger partial charge < -0.3 is 5.32 Å². The molecule has 1 fully saturated rings. The Kier molecular flexibility index (Phi) is 5.06. The minimum Gasteiger partial charge on any atom is -0.312 e. The second kappa shape index (κ2) is 6.36. The van der Waals surface area contributed by atoms with Crippen molar-refractivity contribution >= 4 is 37.5 Å². The molecule has 1 unspecified atom stereocenters. The van der Waals surface area contributed by atoms with Crippen LogP contribution < -0.4 is 5.32 Å². The number of pyridine rings is 1. The molecule has 0 saturated carbocycles. The largest absolute Gasteiger partial charge is 0.312 e. The number of aromatic nitrogens is 1. The van der Waals surface area contributed by atoms with Gasteiger partial charge in [0.25, 0.3) is 0 Å². The third-order valence-electron chi connectivity index (χ3n) is 2.73. The van der Waals surface area contributed by atoms with Crippen molar-refractivity contribution in [1.29, 1.82) is 0 Å². The lowest BCUT2D eigenvalue weighted by Crippen LogP contribution is -2.31. The number of sulfone groups is 1. The second-order valence-electron chi connectivity index (χ2n) is 4.19. The molecule has 0 amide bonds. The normalized spacial score (nSPS) is 22.2. The van der Waals surface area contributed by atoms with E-state index >= 15 is 0 Å². The number of halogens is 1. The van der Waals surface area contributed by atoms with E-state index in [1.807, 2.05) is 12.1 Å². The summed E-state index contributed by atoms with van der Waals surface area (Å²) in [5.41, 5.74) is 0. The van der Waals surface area contributed by atoms with Crippen LogP contribution in [0.1, 0.15) is 6.42 Å². The van der Waals surface area contributed by atoms with Crippen LogP contribution in [0.5, 0.6) is 0 Å². The van der Waals surface area contributed by atoms with Crippen LogP contribution in [0.4, 0.5) is 0 Å². The Morgan fingerprint density at radius 1 is 1.56 bits per heavy atom. The molecule has 100 valence electrons. The number of nitrogens with one attached hydrogen (secondary N) is 1. The van der Waals surface area contributed by atoms with Gasteiger partial charge in [0.15, 0.2) is 9.84 Å². The van der Waals surface area contributed by atoms with E-state index in [0.717, 1.165) is 28.2 Å². The molecule has 0 spiro atoms. The Labute approximate surface area is 120 Å². The summed E-state index contributed by atoms with van der Waals surface area (Å²) in [4.78, 5) is 4.26. The molecule has 1 aromatic heterocycles. The number of hydrogen-bond acceptors (Lipinski definition) is 5. The van der Waals surface area contributed by atoms with E-state index in [4.69, 9.17) is 0 Å². The van der Waals surface area contributed by atoms with Crippen LogP contribution in [0.15, 0.2) is 27.8 Å². The lowest BCUT2D eigenvalue weighted by atomic mass is 10.3. The van der Waals surface area contributed by atoms with Crippen molar-refractivity contribution in [3.05, 3.63) is 22.8 Å². The SMILES string of the molecule is O=S1(=O)CCC(NCCSc2ncccc2Br)C1. The molecule has 1 N–H and O–H groups in total. The van der Waals surface area contributed by atoms with Gasteiger partial charge in [0.1, 0.15) is 5.03 Å². The predicted molar refractivity (Wildman–Crippen MR) is 77.7 cm³/mol. The van der Waals surface area contributed by atoms with Gasteiger partial charge in [-0.2, -0.15) is 0 Å². The van der Waals surface area contributed by atoms with Crippen molar-refractivity contribution in [3.63, 3.8) is 0 Å². The summed E-state index contributed by atoms with van der Waals surface area (Å²) in [5.74, 6) is 1.49. The van der Waals surface area contributed by atoms with E-state index < -0.39 is 9.84 Å². The first kappa shape index (κ1) is 14.3. The average Bonchev–Trinajstić information content (AvgIpc) is 2.67. The number of hydrogen-bond donors (Lipinski definition) is 1. The highest BCUT2D eigenvalue weighted by molar-refractivity contribution is 9.10. The first-order valence-corrected chi connectivity index (χ1v) is 9.34. The van der Waals surface area contributed by atoms with Crippen molar-refractivity contribution in [2.24, 2.45) is 0 Å². The Balaban J connectivity index is 1.70. The van der Waals surface area contributed by atoms with E-state index in [2.05, 4.69) is 26.2 Å². The molecule has 1 aliphatic rings. The summed E-state index contributed by atoms with van der Waals surface area (Å²) in [6, 6.07) is 3.98. The van der Waals surface area contributed by atoms with Crippen LogP contribution in [0.2, 0.25) is 0 Å². The van der Waals surface area contributed by atoms with Crippen molar-refractivity contribution in [2.45, 2.75) is 17.5 Å². The van der Waals surface area contributed by atoms with E-state index in [1.54, 1.807) is 18.0 Å². The third-order valence-corrected chi connectivity index (χ3v) is 6.41. The molecule has 1 aliphatic heterocycles. The molecular formula is C11H15BrN2O2S2. The molecular weight excluding hydrogens is 336 g/mol. The first-order chi connectivity index (χ1) is 8.57. The van der Waals surface area contributed by atoms with Crippen molar-refractivity contribution in [3.8, 4) is 0 Å². The number of thioether (sulfide) groups is 1. The van der Waals surface area contributed by atoms with E-state index in [0.29, 0.717) is 5.75 Å². The molecule has 4 nitrogen and oxygen atoms in total. The van der Waals surface area contributed by atoms with Crippen LogP contribution >= 0.6 is 27.7 Å². The minimum atomic E-state index is -2.78. The molecule has 2 rings (SSSR count). The van der Waals surface area contributed by atoms with Crippen molar-refractivity contribution in [2.75, 3.05) is 23.8 Å². The lowest BCUT2D eigenvalue weighted by molar-refractivity contribution is 0.574. The second-order valence-corrected chi connectivity index (χ2v) is 8.36. The van der Waals surface area contributed by atoms with Gasteiger partial charge in [-0.25, -0.2) is 13.4 Å². The maximum Gasteiger partial charge on any atom is 0.151 e. The lowest BCUT2D eigenvalue weighted by Gasteiger charge is -2.10. The third kappa shape index (κ3) is 4.22. The fourth-order valence-electron chi connectivity index (χ4n) is 1.84.